The molecule has 4 rings (SSSR count). The number of hydrogen-bond donors (Lipinski definition) is 0. The zero-order valence-corrected chi connectivity index (χ0v) is 17.2. The molecule has 158 valence electrons. The van der Waals surface area contributed by atoms with Gasteiger partial charge in [0.2, 0.25) is 0 Å². The Morgan fingerprint density at radius 3 is 2.17 bits per heavy atom. The maximum atomic E-state index is 15.0. The molecule has 4 heteroatoms. The van der Waals surface area contributed by atoms with Crippen LogP contribution >= 0.6 is 0 Å². The Hall–Kier alpha value is -2.36. The molecular weight excluding hydrogens is 388 g/mol. The first kappa shape index (κ1) is 20.9. The normalized spacial score (nSPS) is 19.4. The molecule has 0 aliphatic heterocycles. The molecule has 0 nitrogen and oxygen atoms in total. The molecule has 0 N–H and O–H groups in total. The minimum atomic E-state index is -0.954. The summed E-state index contributed by atoms with van der Waals surface area (Å²) in [5, 5.41) is 0.496. The van der Waals surface area contributed by atoms with Gasteiger partial charge in [0, 0.05) is 5.39 Å². The lowest BCUT2D eigenvalue weighted by Gasteiger charge is -2.29. The van der Waals surface area contributed by atoms with Crippen LogP contribution in [0.2, 0.25) is 0 Å². The first-order chi connectivity index (χ1) is 14.5. The minimum Gasteiger partial charge on any atom is -0.206 e. The van der Waals surface area contributed by atoms with Gasteiger partial charge in [0.25, 0.3) is 0 Å². The molecule has 0 saturated heterocycles. The maximum Gasteiger partial charge on any atom is 0.166 e. The number of fused-ring (bicyclic) bond motifs is 1. The molecule has 0 atom stereocenters. The summed E-state index contributed by atoms with van der Waals surface area (Å²) in [4.78, 5) is 0. The molecule has 1 aliphatic rings. The van der Waals surface area contributed by atoms with Gasteiger partial charge < -0.3 is 0 Å². The Kier molecular flexibility index (Phi) is 6.12. The SMILES string of the molecule is CCCC[C@H]1CC[C@H](c2cc(F)c(-c3ccc4c(F)c(F)ccc4c3)c(F)c2)CC1. The van der Waals surface area contributed by atoms with Crippen molar-refractivity contribution in [3.8, 4) is 11.1 Å². The van der Waals surface area contributed by atoms with Gasteiger partial charge in [-0.1, -0.05) is 44.4 Å². The largest absolute Gasteiger partial charge is 0.206 e. The van der Waals surface area contributed by atoms with Gasteiger partial charge in [-0.05, 0) is 78.3 Å². The molecule has 30 heavy (non-hydrogen) atoms. The van der Waals surface area contributed by atoms with Gasteiger partial charge in [-0.3, -0.25) is 0 Å². The zero-order chi connectivity index (χ0) is 21.3. The van der Waals surface area contributed by atoms with Crippen LogP contribution in [0.1, 0.15) is 63.4 Å². The summed E-state index contributed by atoms with van der Waals surface area (Å²) < 4.78 is 57.3. The van der Waals surface area contributed by atoms with Crippen molar-refractivity contribution in [1.82, 2.24) is 0 Å². The Morgan fingerprint density at radius 2 is 1.50 bits per heavy atom. The smallest absolute Gasteiger partial charge is 0.166 e. The van der Waals surface area contributed by atoms with Crippen molar-refractivity contribution in [2.75, 3.05) is 0 Å². The molecule has 1 saturated carbocycles. The second kappa shape index (κ2) is 8.79. The second-order valence-corrected chi connectivity index (χ2v) is 8.52. The fourth-order valence-corrected chi connectivity index (χ4v) is 4.80. The van der Waals surface area contributed by atoms with Crippen LogP contribution in [0.5, 0.6) is 0 Å². The third kappa shape index (κ3) is 4.10. The van der Waals surface area contributed by atoms with E-state index in [0.717, 1.165) is 43.2 Å². The zero-order valence-electron chi connectivity index (χ0n) is 17.2. The van der Waals surface area contributed by atoms with Crippen molar-refractivity contribution < 1.29 is 17.6 Å². The van der Waals surface area contributed by atoms with E-state index in [1.165, 1.54) is 55.7 Å². The summed E-state index contributed by atoms with van der Waals surface area (Å²) in [6.07, 6.45) is 7.85. The van der Waals surface area contributed by atoms with Gasteiger partial charge in [0.15, 0.2) is 11.6 Å². The van der Waals surface area contributed by atoms with Crippen LogP contribution in [0.15, 0.2) is 42.5 Å². The number of hydrogen-bond acceptors (Lipinski definition) is 0. The Balaban J connectivity index is 1.59. The molecule has 0 radical (unpaired) electrons. The van der Waals surface area contributed by atoms with E-state index in [-0.39, 0.29) is 16.9 Å². The highest BCUT2D eigenvalue weighted by molar-refractivity contribution is 5.88. The third-order valence-corrected chi connectivity index (χ3v) is 6.54. The molecular formula is C26H26F4. The number of rotatable bonds is 5. The Labute approximate surface area is 174 Å². The monoisotopic (exact) mass is 414 g/mol. The van der Waals surface area contributed by atoms with Gasteiger partial charge in [-0.2, -0.15) is 0 Å². The van der Waals surface area contributed by atoms with E-state index >= 15 is 0 Å². The molecule has 0 bridgehead atoms. The fourth-order valence-electron chi connectivity index (χ4n) is 4.80. The lowest BCUT2D eigenvalue weighted by molar-refractivity contribution is 0.303. The number of benzene rings is 3. The molecule has 0 spiro atoms. The van der Waals surface area contributed by atoms with E-state index < -0.39 is 23.3 Å². The van der Waals surface area contributed by atoms with Crippen molar-refractivity contribution in [3.63, 3.8) is 0 Å². The van der Waals surface area contributed by atoms with Gasteiger partial charge >= 0.3 is 0 Å². The average molecular weight is 414 g/mol. The van der Waals surface area contributed by atoms with E-state index in [1.54, 1.807) is 0 Å². The highest BCUT2D eigenvalue weighted by atomic mass is 19.2. The van der Waals surface area contributed by atoms with Crippen molar-refractivity contribution >= 4 is 10.8 Å². The van der Waals surface area contributed by atoms with Crippen LogP contribution in [-0.2, 0) is 0 Å². The lowest BCUT2D eigenvalue weighted by atomic mass is 9.77. The maximum absolute atomic E-state index is 15.0. The predicted octanol–water partition coefficient (Wildman–Crippen LogP) is 8.53. The Bertz CT molecular complexity index is 1030. The number of unbranched alkanes of at least 4 members (excludes halogenated alkanes) is 1. The molecule has 3 aromatic rings. The molecule has 0 heterocycles. The highest BCUT2D eigenvalue weighted by Gasteiger charge is 2.24. The van der Waals surface area contributed by atoms with E-state index in [0.29, 0.717) is 10.9 Å². The topological polar surface area (TPSA) is 0 Å². The quantitative estimate of drug-likeness (QED) is 0.367. The van der Waals surface area contributed by atoms with Crippen molar-refractivity contribution in [2.45, 2.75) is 57.8 Å². The second-order valence-electron chi connectivity index (χ2n) is 8.52. The van der Waals surface area contributed by atoms with E-state index in [2.05, 4.69) is 6.92 Å². The van der Waals surface area contributed by atoms with Crippen LogP contribution in [0.25, 0.3) is 21.9 Å². The van der Waals surface area contributed by atoms with Gasteiger partial charge in [0.1, 0.15) is 11.6 Å². The van der Waals surface area contributed by atoms with Crippen molar-refractivity contribution in [1.29, 1.82) is 0 Å². The van der Waals surface area contributed by atoms with Crippen LogP contribution in [0.3, 0.4) is 0 Å². The van der Waals surface area contributed by atoms with Gasteiger partial charge in [0.05, 0.1) is 5.56 Å². The summed E-state index contributed by atoms with van der Waals surface area (Å²) in [7, 11) is 0. The summed E-state index contributed by atoms with van der Waals surface area (Å²) in [6.45, 7) is 2.20. The van der Waals surface area contributed by atoms with E-state index in [1.807, 2.05) is 0 Å². The summed E-state index contributed by atoms with van der Waals surface area (Å²) >= 11 is 0. The van der Waals surface area contributed by atoms with E-state index in [4.69, 9.17) is 0 Å². The Morgan fingerprint density at radius 1 is 0.800 bits per heavy atom. The first-order valence-corrected chi connectivity index (χ1v) is 10.8. The third-order valence-electron chi connectivity index (χ3n) is 6.54. The van der Waals surface area contributed by atoms with Crippen LogP contribution in [0, 0.1) is 29.2 Å². The lowest BCUT2D eigenvalue weighted by Crippen LogP contribution is -2.14. The fraction of sp³-hybridized carbons (Fsp3) is 0.385. The van der Waals surface area contributed by atoms with Crippen LogP contribution in [0.4, 0.5) is 17.6 Å². The van der Waals surface area contributed by atoms with Crippen molar-refractivity contribution in [3.05, 3.63) is 71.3 Å². The summed E-state index contributed by atoms with van der Waals surface area (Å²) in [5.41, 5.74) is 0.914. The average Bonchev–Trinajstić information content (AvgIpc) is 2.75. The summed E-state index contributed by atoms with van der Waals surface area (Å²) in [6, 6.07) is 9.64. The number of halogens is 4. The minimum absolute atomic E-state index is 0.0935. The molecule has 3 aromatic carbocycles. The van der Waals surface area contributed by atoms with E-state index in [9.17, 15) is 17.6 Å². The van der Waals surface area contributed by atoms with Gasteiger partial charge in [-0.25, -0.2) is 17.6 Å². The molecule has 0 unspecified atom stereocenters. The highest BCUT2D eigenvalue weighted by Crippen LogP contribution is 2.40. The molecule has 1 fully saturated rings. The van der Waals surface area contributed by atoms with Crippen molar-refractivity contribution in [2.24, 2.45) is 5.92 Å². The van der Waals surface area contributed by atoms with Gasteiger partial charge in [-0.15, -0.1) is 0 Å². The predicted molar refractivity (Wildman–Crippen MR) is 113 cm³/mol. The first-order valence-electron chi connectivity index (χ1n) is 10.8. The van der Waals surface area contributed by atoms with Crippen LogP contribution in [-0.4, -0.2) is 0 Å². The molecule has 1 aliphatic carbocycles. The van der Waals surface area contributed by atoms with Crippen LogP contribution < -0.4 is 0 Å². The standard InChI is InChI=1S/C26H26F4/c1-2-3-4-16-5-7-17(8-6-16)20-14-23(28)25(24(29)15-20)19-9-11-21-18(13-19)10-12-22(27)26(21)30/h9-17H,2-8H2,1H3/t16-,17-. The molecule has 0 amide bonds. The summed E-state index contributed by atoms with van der Waals surface area (Å²) in [5.74, 6) is -2.20. The molecule has 0 aromatic heterocycles.